The van der Waals surface area contributed by atoms with Gasteiger partial charge < -0.3 is 4.42 Å². The van der Waals surface area contributed by atoms with Gasteiger partial charge in [0.25, 0.3) is 0 Å². The Labute approximate surface area is 132 Å². The van der Waals surface area contributed by atoms with Gasteiger partial charge in [0.15, 0.2) is 0 Å². The average Bonchev–Trinajstić information content (AvgIpc) is 3.25. The molecule has 0 bridgehead atoms. The molecule has 1 fully saturated rings. The minimum absolute atomic E-state index is 0.171. The van der Waals surface area contributed by atoms with Crippen LogP contribution in [0.25, 0.3) is 11.2 Å². The minimum atomic E-state index is -0.658. The average molecular weight is 308 g/mol. The molecule has 1 aliphatic rings. The molecule has 2 unspecified atom stereocenters. The van der Waals surface area contributed by atoms with Gasteiger partial charge in [0, 0.05) is 12.1 Å². The quantitative estimate of drug-likeness (QED) is 0.730. The summed E-state index contributed by atoms with van der Waals surface area (Å²) in [5.74, 6) is -0.856. The van der Waals surface area contributed by atoms with E-state index in [0.717, 1.165) is 16.6 Å². The first-order valence-corrected chi connectivity index (χ1v) is 7.64. The number of fused-ring (bicyclic) bond motifs is 1. The number of rotatable bonds is 2. The standard InChI is InChI=1S/C18H16N2O3/c1-10-5-6-12(8-11(10)2)13-9-14(13)17(21)20-15-4-3-7-19-16(15)23-18(20)22/h3-8,13-14H,9H2,1-2H3. The number of oxazole rings is 1. The maximum absolute atomic E-state index is 12.7. The van der Waals surface area contributed by atoms with E-state index >= 15 is 0 Å². The second kappa shape index (κ2) is 4.91. The third kappa shape index (κ3) is 2.20. The first-order chi connectivity index (χ1) is 11.1. The Hall–Kier alpha value is -2.69. The van der Waals surface area contributed by atoms with Crippen molar-refractivity contribution in [1.82, 2.24) is 9.55 Å². The van der Waals surface area contributed by atoms with E-state index in [4.69, 9.17) is 4.42 Å². The highest BCUT2D eigenvalue weighted by Crippen LogP contribution is 2.48. The van der Waals surface area contributed by atoms with Crippen LogP contribution in [0.15, 0.2) is 45.7 Å². The highest BCUT2D eigenvalue weighted by molar-refractivity contribution is 5.91. The van der Waals surface area contributed by atoms with Crippen molar-refractivity contribution >= 4 is 17.1 Å². The van der Waals surface area contributed by atoms with Gasteiger partial charge in [0.2, 0.25) is 11.6 Å². The largest absolute Gasteiger partial charge is 0.428 e. The first-order valence-electron chi connectivity index (χ1n) is 7.64. The maximum Gasteiger partial charge on any atom is 0.428 e. The SMILES string of the molecule is Cc1ccc(C2CC2C(=O)n2c(=O)oc3ncccc32)cc1C. The summed E-state index contributed by atoms with van der Waals surface area (Å²) < 4.78 is 6.17. The van der Waals surface area contributed by atoms with E-state index in [1.54, 1.807) is 12.1 Å². The summed E-state index contributed by atoms with van der Waals surface area (Å²) >= 11 is 0. The molecule has 0 spiro atoms. The van der Waals surface area contributed by atoms with Crippen LogP contribution in [0.1, 0.15) is 33.8 Å². The molecule has 1 saturated carbocycles. The van der Waals surface area contributed by atoms with Gasteiger partial charge in [-0.05, 0) is 55.0 Å². The lowest BCUT2D eigenvalue weighted by Gasteiger charge is -2.05. The Morgan fingerprint density at radius 1 is 1.26 bits per heavy atom. The van der Waals surface area contributed by atoms with Crippen molar-refractivity contribution in [2.24, 2.45) is 5.92 Å². The number of hydrogen-bond donors (Lipinski definition) is 0. The summed E-state index contributed by atoms with van der Waals surface area (Å²) in [5, 5.41) is 0. The van der Waals surface area contributed by atoms with Crippen molar-refractivity contribution in [2.45, 2.75) is 26.2 Å². The van der Waals surface area contributed by atoms with Crippen LogP contribution in [-0.4, -0.2) is 15.5 Å². The number of nitrogens with zero attached hydrogens (tertiary/aromatic N) is 2. The van der Waals surface area contributed by atoms with Crippen molar-refractivity contribution in [3.05, 3.63) is 63.8 Å². The first kappa shape index (κ1) is 13.9. The zero-order valence-corrected chi connectivity index (χ0v) is 12.9. The molecule has 4 rings (SSSR count). The molecule has 2 heterocycles. The molecule has 0 amide bonds. The van der Waals surface area contributed by atoms with Gasteiger partial charge in [0.1, 0.15) is 5.52 Å². The van der Waals surface area contributed by atoms with Gasteiger partial charge in [-0.2, -0.15) is 0 Å². The lowest BCUT2D eigenvalue weighted by molar-refractivity contribution is 0.0880. The molecule has 3 aromatic rings. The monoisotopic (exact) mass is 308 g/mol. The number of benzene rings is 1. The molecule has 1 aromatic carbocycles. The molecule has 0 saturated heterocycles. The van der Waals surface area contributed by atoms with E-state index in [2.05, 4.69) is 37.0 Å². The second-order valence-electron chi connectivity index (χ2n) is 6.16. The molecule has 2 aromatic heterocycles. The molecule has 0 N–H and O–H groups in total. The van der Waals surface area contributed by atoms with Crippen molar-refractivity contribution < 1.29 is 9.21 Å². The van der Waals surface area contributed by atoms with Crippen LogP contribution in [0.4, 0.5) is 0 Å². The molecule has 0 aliphatic heterocycles. The molecule has 1 aliphatic carbocycles. The fraction of sp³-hybridized carbons (Fsp3) is 0.278. The number of aromatic nitrogens is 2. The maximum atomic E-state index is 12.7. The van der Waals surface area contributed by atoms with E-state index in [1.165, 1.54) is 17.3 Å². The number of carbonyl (C=O) groups excluding carboxylic acids is 1. The van der Waals surface area contributed by atoms with E-state index < -0.39 is 5.76 Å². The molecule has 5 nitrogen and oxygen atoms in total. The molecular formula is C18H16N2O3. The van der Waals surface area contributed by atoms with Gasteiger partial charge in [-0.3, -0.25) is 4.79 Å². The fourth-order valence-corrected chi connectivity index (χ4v) is 3.06. The third-order valence-corrected chi connectivity index (χ3v) is 4.65. The summed E-state index contributed by atoms with van der Waals surface area (Å²) in [6.45, 7) is 4.14. The van der Waals surface area contributed by atoms with Crippen LogP contribution in [0, 0.1) is 19.8 Å². The van der Waals surface area contributed by atoms with Crippen molar-refractivity contribution in [1.29, 1.82) is 0 Å². The van der Waals surface area contributed by atoms with Gasteiger partial charge >= 0.3 is 5.76 Å². The molecule has 5 heteroatoms. The smallest absolute Gasteiger partial charge is 0.388 e. The molecular weight excluding hydrogens is 292 g/mol. The summed E-state index contributed by atoms with van der Waals surface area (Å²) in [4.78, 5) is 28.7. The summed E-state index contributed by atoms with van der Waals surface area (Å²) in [6.07, 6.45) is 2.30. The Bertz CT molecular complexity index is 983. The van der Waals surface area contributed by atoms with E-state index in [1.807, 2.05) is 0 Å². The Balaban J connectivity index is 1.67. The van der Waals surface area contributed by atoms with Crippen molar-refractivity contribution in [2.75, 3.05) is 0 Å². The second-order valence-corrected chi connectivity index (χ2v) is 6.16. The van der Waals surface area contributed by atoms with Crippen LogP contribution in [0.5, 0.6) is 0 Å². The Morgan fingerprint density at radius 3 is 2.87 bits per heavy atom. The summed E-state index contributed by atoms with van der Waals surface area (Å²) in [7, 11) is 0. The number of hydrogen-bond acceptors (Lipinski definition) is 4. The van der Waals surface area contributed by atoms with E-state index in [9.17, 15) is 9.59 Å². The molecule has 116 valence electrons. The predicted molar refractivity (Wildman–Crippen MR) is 85.7 cm³/mol. The summed E-state index contributed by atoms with van der Waals surface area (Å²) in [6, 6.07) is 9.64. The lowest BCUT2D eigenvalue weighted by Crippen LogP contribution is -2.24. The lowest BCUT2D eigenvalue weighted by atomic mass is 10.0. The van der Waals surface area contributed by atoms with Crippen molar-refractivity contribution in [3.8, 4) is 0 Å². The van der Waals surface area contributed by atoms with Gasteiger partial charge in [-0.1, -0.05) is 18.2 Å². The van der Waals surface area contributed by atoms with Gasteiger partial charge in [0.05, 0.1) is 0 Å². The van der Waals surface area contributed by atoms with E-state index in [0.29, 0.717) is 5.52 Å². The molecule has 23 heavy (non-hydrogen) atoms. The van der Waals surface area contributed by atoms with Crippen molar-refractivity contribution in [3.63, 3.8) is 0 Å². The molecule has 2 atom stereocenters. The topological polar surface area (TPSA) is 65.1 Å². The summed E-state index contributed by atoms with van der Waals surface area (Å²) in [5.41, 5.74) is 4.25. The van der Waals surface area contributed by atoms with Crippen LogP contribution in [0.2, 0.25) is 0 Å². The third-order valence-electron chi connectivity index (χ3n) is 4.65. The Kier molecular flexibility index (Phi) is 2.98. The highest BCUT2D eigenvalue weighted by Gasteiger charge is 2.45. The van der Waals surface area contributed by atoms with Crippen LogP contribution in [-0.2, 0) is 0 Å². The fourth-order valence-electron chi connectivity index (χ4n) is 3.06. The molecule has 0 radical (unpaired) electrons. The van der Waals surface area contributed by atoms with Gasteiger partial charge in [-0.15, -0.1) is 0 Å². The number of pyridine rings is 1. The van der Waals surface area contributed by atoms with Crippen LogP contribution >= 0.6 is 0 Å². The van der Waals surface area contributed by atoms with Gasteiger partial charge in [-0.25, -0.2) is 14.3 Å². The minimum Gasteiger partial charge on any atom is -0.388 e. The predicted octanol–water partition coefficient (Wildman–Crippen LogP) is 3.05. The van der Waals surface area contributed by atoms with Crippen LogP contribution < -0.4 is 5.76 Å². The number of carbonyl (C=O) groups is 1. The van der Waals surface area contributed by atoms with E-state index in [-0.39, 0.29) is 23.5 Å². The zero-order chi connectivity index (χ0) is 16.1. The Morgan fingerprint density at radius 2 is 2.09 bits per heavy atom. The zero-order valence-electron chi connectivity index (χ0n) is 12.9. The normalized spacial score (nSPS) is 19.9. The number of aryl methyl sites for hydroxylation is 2. The highest BCUT2D eigenvalue weighted by atomic mass is 16.4. The van der Waals surface area contributed by atoms with Crippen LogP contribution in [0.3, 0.4) is 0 Å².